The first kappa shape index (κ1) is 12.7. The zero-order valence-corrected chi connectivity index (χ0v) is 12.0. The van der Waals surface area contributed by atoms with Crippen molar-refractivity contribution >= 4 is 22.7 Å². The molecule has 0 radical (unpaired) electrons. The van der Waals surface area contributed by atoms with E-state index < -0.39 is 0 Å². The van der Waals surface area contributed by atoms with Crippen LogP contribution in [0.1, 0.15) is 15.9 Å². The maximum atomic E-state index is 11.1. The standard InChI is InChI=1S/C18H13N3O/c1-12-9-13(11-22)10-21-17(12)19-20-18(21)16-8-4-6-14-5-2-3-7-15(14)16/h2-11H,1H3. The molecule has 2 aromatic heterocycles. The minimum atomic E-state index is 0.617. The van der Waals surface area contributed by atoms with Crippen LogP contribution in [0.5, 0.6) is 0 Å². The van der Waals surface area contributed by atoms with Crippen LogP contribution in [-0.4, -0.2) is 20.9 Å². The fourth-order valence-electron chi connectivity index (χ4n) is 2.85. The van der Waals surface area contributed by atoms with E-state index in [1.54, 1.807) is 6.20 Å². The predicted molar refractivity (Wildman–Crippen MR) is 86.1 cm³/mol. The van der Waals surface area contributed by atoms with E-state index in [-0.39, 0.29) is 0 Å². The Balaban J connectivity index is 2.09. The van der Waals surface area contributed by atoms with E-state index in [0.717, 1.165) is 39.7 Å². The molecule has 2 aromatic carbocycles. The van der Waals surface area contributed by atoms with Gasteiger partial charge in [0.15, 0.2) is 17.8 Å². The van der Waals surface area contributed by atoms with E-state index in [9.17, 15) is 4.79 Å². The third-order valence-corrected chi connectivity index (χ3v) is 3.88. The lowest BCUT2D eigenvalue weighted by atomic mass is 10.0. The van der Waals surface area contributed by atoms with Gasteiger partial charge in [-0.25, -0.2) is 0 Å². The maximum absolute atomic E-state index is 11.1. The highest BCUT2D eigenvalue weighted by Crippen LogP contribution is 2.28. The molecular formula is C18H13N3O. The van der Waals surface area contributed by atoms with Gasteiger partial charge in [-0.3, -0.25) is 9.20 Å². The van der Waals surface area contributed by atoms with Crippen molar-refractivity contribution in [3.8, 4) is 11.4 Å². The van der Waals surface area contributed by atoms with Gasteiger partial charge in [0.25, 0.3) is 0 Å². The lowest BCUT2D eigenvalue weighted by Crippen LogP contribution is -1.95. The summed E-state index contributed by atoms with van der Waals surface area (Å²) in [6.45, 7) is 1.93. The third kappa shape index (κ3) is 1.81. The van der Waals surface area contributed by atoms with E-state index in [0.29, 0.717) is 5.56 Å². The van der Waals surface area contributed by atoms with Crippen molar-refractivity contribution in [2.45, 2.75) is 6.92 Å². The Labute approximate surface area is 127 Å². The zero-order valence-electron chi connectivity index (χ0n) is 12.0. The number of aldehydes is 1. The molecule has 0 amide bonds. The smallest absolute Gasteiger partial charge is 0.168 e. The molecule has 0 fully saturated rings. The topological polar surface area (TPSA) is 47.3 Å². The van der Waals surface area contributed by atoms with Crippen molar-refractivity contribution in [3.05, 3.63) is 65.9 Å². The molecule has 0 spiro atoms. The molecule has 4 nitrogen and oxygen atoms in total. The first-order chi connectivity index (χ1) is 10.8. The normalized spacial score (nSPS) is 11.1. The first-order valence-electron chi connectivity index (χ1n) is 7.06. The number of pyridine rings is 1. The quantitative estimate of drug-likeness (QED) is 0.528. The molecule has 4 heteroatoms. The summed E-state index contributed by atoms with van der Waals surface area (Å²) in [7, 11) is 0. The van der Waals surface area contributed by atoms with Crippen molar-refractivity contribution in [2.75, 3.05) is 0 Å². The second-order valence-electron chi connectivity index (χ2n) is 5.32. The van der Waals surface area contributed by atoms with Gasteiger partial charge in [-0.15, -0.1) is 10.2 Å². The van der Waals surface area contributed by atoms with Crippen molar-refractivity contribution in [2.24, 2.45) is 0 Å². The van der Waals surface area contributed by atoms with Gasteiger partial charge < -0.3 is 0 Å². The summed E-state index contributed by atoms with van der Waals surface area (Å²) in [5.41, 5.74) is 3.33. The molecule has 0 saturated heterocycles. The van der Waals surface area contributed by atoms with Crippen LogP contribution in [-0.2, 0) is 0 Å². The van der Waals surface area contributed by atoms with Crippen molar-refractivity contribution in [1.29, 1.82) is 0 Å². The second-order valence-corrected chi connectivity index (χ2v) is 5.32. The number of rotatable bonds is 2. The molecule has 0 aliphatic rings. The van der Waals surface area contributed by atoms with Gasteiger partial charge in [0, 0.05) is 17.3 Å². The highest BCUT2D eigenvalue weighted by molar-refractivity contribution is 5.95. The molecule has 4 rings (SSSR count). The van der Waals surface area contributed by atoms with Crippen LogP contribution in [0.25, 0.3) is 27.8 Å². The summed E-state index contributed by atoms with van der Waals surface area (Å²) < 4.78 is 1.89. The van der Waals surface area contributed by atoms with Crippen molar-refractivity contribution in [1.82, 2.24) is 14.6 Å². The van der Waals surface area contributed by atoms with E-state index in [1.165, 1.54) is 0 Å². The number of fused-ring (bicyclic) bond motifs is 2. The lowest BCUT2D eigenvalue weighted by molar-refractivity contribution is 0.112. The Kier molecular flexibility index (Phi) is 2.76. The van der Waals surface area contributed by atoms with E-state index in [2.05, 4.69) is 28.4 Å². The van der Waals surface area contributed by atoms with Crippen molar-refractivity contribution in [3.63, 3.8) is 0 Å². The predicted octanol–water partition coefficient (Wildman–Crippen LogP) is 3.67. The molecule has 0 N–H and O–H groups in total. The number of aromatic nitrogens is 3. The molecule has 0 aliphatic carbocycles. The number of nitrogens with zero attached hydrogens (tertiary/aromatic N) is 3. The lowest BCUT2D eigenvalue weighted by Gasteiger charge is -2.06. The minimum absolute atomic E-state index is 0.617. The van der Waals surface area contributed by atoms with Gasteiger partial charge >= 0.3 is 0 Å². The van der Waals surface area contributed by atoms with Gasteiger partial charge in [0.2, 0.25) is 0 Å². The zero-order chi connectivity index (χ0) is 15.1. The molecule has 0 bridgehead atoms. The number of carbonyl (C=O) groups excluding carboxylic acids is 1. The Hall–Kier alpha value is -3.01. The number of aryl methyl sites for hydroxylation is 1. The Morgan fingerprint density at radius 1 is 1.05 bits per heavy atom. The van der Waals surface area contributed by atoms with Crippen LogP contribution >= 0.6 is 0 Å². The maximum Gasteiger partial charge on any atom is 0.168 e. The molecule has 22 heavy (non-hydrogen) atoms. The third-order valence-electron chi connectivity index (χ3n) is 3.88. The van der Waals surface area contributed by atoms with E-state index in [4.69, 9.17) is 0 Å². The van der Waals surface area contributed by atoms with Gasteiger partial charge in [0.1, 0.15) is 0 Å². The Bertz CT molecular complexity index is 1010. The minimum Gasteiger partial charge on any atom is -0.298 e. The molecule has 106 valence electrons. The molecule has 0 saturated carbocycles. The van der Waals surface area contributed by atoms with Gasteiger partial charge in [-0.05, 0) is 29.3 Å². The molecule has 0 unspecified atom stereocenters. The highest BCUT2D eigenvalue weighted by atomic mass is 16.1. The van der Waals surface area contributed by atoms with Crippen LogP contribution in [0, 0.1) is 6.92 Å². The second kappa shape index (κ2) is 4.77. The summed E-state index contributed by atoms with van der Waals surface area (Å²) in [4.78, 5) is 11.1. The number of hydrogen-bond acceptors (Lipinski definition) is 3. The molecule has 0 atom stereocenters. The van der Waals surface area contributed by atoms with Crippen LogP contribution in [0.2, 0.25) is 0 Å². The monoisotopic (exact) mass is 287 g/mol. The average molecular weight is 287 g/mol. The summed E-state index contributed by atoms with van der Waals surface area (Å²) >= 11 is 0. The Morgan fingerprint density at radius 2 is 1.86 bits per heavy atom. The summed E-state index contributed by atoms with van der Waals surface area (Å²) in [6.07, 6.45) is 2.63. The van der Waals surface area contributed by atoms with Gasteiger partial charge in [0.05, 0.1) is 0 Å². The van der Waals surface area contributed by atoms with Crippen molar-refractivity contribution < 1.29 is 4.79 Å². The van der Waals surface area contributed by atoms with Gasteiger partial charge in [-0.1, -0.05) is 42.5 Å². The van der Waals surface area contributed by atoms with E-state index in [1.807, 2.05) is 41.7 Å². The van der Waals surface area contributed by atoms with Crippen LogP contribution in [0.3, 0.4) is 0 Å². The fraction of sp³-hybridized carbons (Fsp3) is 0.0556. The molecule has 4 aromatic rings. The number of carbonyl (C=O) groups is 1. The van der Waals surface area contributed by atoms with Crippen LogP contribution in [0.4, 0.5) is 0 Å². The fourth-order valence-corrected chi connectivity index (χ4v) is 2.85. The summed E-state index contributed by atoms with van der Waals surface area (Å²) in [5, 5.41) is 10.9. The summed E-state index contributed by atoms with van der Waals surface area (Å²) in [6, 6.07) is 16.1. The van der Waals surface area contributed by atoms with Crippen LogP contribution < -0.4 is 0 Å². The average Bonchev–Trinajstić information content (AvgIpc) is 2.98. The Morgan fingerprint density at radius 3 is 2.73 bits per heavy atom. The van der Waals surface area contributed by atoms with E-state index >= 15 is 0 Å². The number of hydrogen-bond donors (Lipinski definition) is 0. The molecule has 2 heterocycles. The summed E-state index contributed by atoms with van der Waals surface area (Å²) in [5.74, 6) is 0.749. The van der Waals surface area contributed by atoms with Gasteiger partial charge in [-0.2, -0.15) is 0 Å². The van der Waals surface area contributed by atoms with Crippen LogP contribution in [0.15, 0.2) is 54.7 Å². The highest BCUT2D eigenvalue weighted by Gasteiger charge is 2.13. The number of benzene rings is 2. The molecule has 0 aliphatic heterocycles. The molecular weight excluding hydrogens is 274 g/mol. The SMILES string of the molecule is Cc1cc(C=O)cn2c(-c3cccc4ccccc34)nnc12. The largest absolute Gasteiger partial charge is 0.298 e. The first-order valence-corrected chi connectivity index (χ1v) is 7.06.